The van der Waals surface area contributed by atoms with E-state index >= 15 is 0 Å². The Balaban J connectivity index is 1.39. The monoisotopic (exact) mass is 256 g/mol. The van der Waals surface area contributed by atoms with Crippen molar-refractivity contribution in [2.45, 2.75) is 51.0 Å². The Kier molecular flexibility index (Phi) is 5.52. The summed E-state index contributed by atoms with van der Waals surface area (Å²) in [4.78, 5) is 0. The van der Waals surface area contributed by atoms with Crippen LogP contribution < -0.4 is 10.6 Å². The minimum atomic E-state index is 0.612. The van der Waals surface area contributed by atoms with Gasteiger partial charge in [0.05, 0.1) is 0 Å². The standard InChI is InChI=1S/C13H24N2OS/c17-13(15-12-4-1-2-5-12)14-8-3-9-16-10-11-6-7-11/h11-12H,1-10H2,(H2,14,15,17). The summed E-state index contributed by atoms with van der Waals surface area (Å²) in [6.07, 6.45) is 9.00. The number of hydrogen-bond donors (Lipinski definition) is 2. The molecule has 0 atom stereocenters. The third-order valence-corrected chi connectivity index (χ3v) is 3.75. The average Bonchev–Trinajstić information content (AvgIpc) is 3.00. The predicted molar refractivity (Wildman–Crippen MR) is 74.2 cm³/mol. The Hall–Kier alpha value is -0.350. The summed E-state index contributed by atoms with van der Waals surface area (Å²) in [5.41, 5.74) is 0. The van der Waals surface area contributed by atoms with Gasteiger partial charge in [-0.3, -0.25) is 0 Å². The highest BCUT2D eigenvalue weighted by molar-refractivity contribution is 7.80. The summed E-state index contributed by atoms with van der Waals surface area (Å²) in [7, 11) is 0. The van der Waals surface area contributed by atoms with Crippen LogP contribution in [0.15, 0.2) is 0 Å². The molecule has 2 saturated carbocycles. The van der Waals surface area contributed by atoms with Crippen molar-refractivity contribution in [2.75, 3.05) is 19.8 Å². The molecule has 0 aromatic carbocycles. The van der Waals surface area contributed by atoms with Crippen LogP contribution in [0.4, 0.5) is 0 Å². The maximum absolute atomic E-state index is 5.57. The summed E-state index contributed by atoms with van der Waals surface area (Å²) in [6.45, 7) is 2.74. The Bertz CT molecular complexity index is 238. The molecule has 0 amide bonds. The third-order valence-electron chi connectivity index (χ3n) is 3.49. The van der Waals surface area contributed by atoms with E-state index in [1.807, 2.05) is 0 Å². The molecular weight excluding hydrogens is 232 g/mol. The lowest BCUT2D eigenvalue weighted by atomic mass is 10.3. The fourth-order valence-corrected chi connectivity index (χ4v) is 2.49. The minimum absolute atomic E-state index is 0.612. The van der Waals surface area contributed by atoms with E-state index < -0.39 is 0 Å². The van der Waals surface area contributed by atoms with Gasteiger partial charge in [0, 0.05) is 25.8 Å². The summed E-state index contributed by atoms with van der Waals surface area (Å²) in [6, 6.07) is 0.612. The molecular formula is C13H24N2OS. The first-order valence-corrected chi connectivity index (χ1v) is 7.37. The van der Waals surface area contributed by atoms with Crippen molar-refractivity contribution >= 4 is 17.3 Å². The summed E-state index contributed by atoms with van der Waals surface area (Å²) < 4.78 is 5.57. The second kappa shape index (κ2) is 7.17. The number of thiocarbonyl (C=S) groups is 1. The van der Waals surface area contributed by atoms with Gasteiger partial charge in [0.25, 0.3) is 0 Å². The Morgan fingerprint density at radius 1 is 1.18 bits per heavy atom. The maximum Gasteiger partial charge on any atom is 0.166 e. The van der Waals surface area contributed by atoms with Crippen LogP contribution >= 0.6 is 12.2 Å². The zero-order chi connectivity index (χ0) is 11.9. The van der Waals surface area contributed by atoms with Crippen LogP contribution in [0, 0.1) is 5.92 Å². The molecule has 2 fully saturated rings. The second-order valence-corrected chi connectivity index (χ2v) is 5.66. The van der Waals surface area contributed by atoms with E-state index in [-0.39, 0.29) is 0 Å². The van der Waals surface area contributed by atoms with E-state index in [2.05, 4.69) is 10.6 Å². The number of rotatable bonds is 7. The van der Waals surface area contributed by atoms with Crippen molar-refractivity contribution in [3.63, 3.8) is 0 Å². The predicted octanol–water partition coefficient (Wildman–Crippen LogP) is 2.21. The SMILES string of the molecule is S=C(NCCCOCC1CC1)NC1CCCC1. The Morgan fingerprint density at radius 3 is 2.65 bits per heavy atom. The lowest BCUT2D eigenvalue weighted by Crippen LogP contribution is -2.41. The fourth-order valence-electron chi connectivity index (χ4n) is 2.22. The molecule has 17 heavy (non-hydrogen) atoms. The molecule has 2 aliphatic rings. The molecule has 0 spiro atoms. The van der Waals surface area contributed by atoms with E-state index in [4.69, 9.17) is 17.0 Å². The number of hydrogen-bond acceptors (Lipinski definition) is 2. The first-order chi connectivity index (χ1) is 8.34. The first-order valence-electron chi connectivity index (χ1n) is 6.96. The number of ether oxygens (including phenoxy) is 1. The molecule has 4 heteroatoms. The highest BCUT2D eigenvalue weighted by atomic mass is 32.1. The van der Waals surface area contributed by atoms with Gasteiger partial charge in [-0.25, -0.2) is 0 Å². The third kappa shape index (κ3) is 5.68. The van der Waals surface area contributed by atoms with E-state index in [9.17, 15) is 0 Å². The molecule has 3 nitrogen and oxygen atoms in total. The van der Waals surface area contributed by atoms with Crippen LogP contribution in [-0.4, -0.2) is 30.9 Å². The average molecular weight is 256 g/mol. The van der Waals surface area contributed by atoms with Gasteiger partial charge in [-0.1, -0.05) is 12.8 Å². The van der Waals surface area contributed by atoms with E-state index in [0.29, 0.717) is 6.04 Å². The molecule has 0 aromatic heterocycles. The first kappa shape index (κ1) is 13.1. The van der Waals surface area contributed by atoms with Crippen LogP contribution in [0.1, 0.15) is 44.9 Å². The van der Waals surface area contributed by atoms with Crippen molar-refractivity contribution in [3.8, 4) is 0 Å². The lowest BCUT2D eigenvalue weighted by Gasteiger charge is -2.15. The molecule has 0 aromatic rings. The molecule has 98 valence electrons. The normalized spacial score (nSPS) is 20.5. The van der Waals surface area contributed by atoms with Crippen molar-refractivity contribution in [2.24, 2.45) is 5.92 Å². The Morgan fingerprint density at radius 2 is 1.94 bits per heavy atom. The highest BCUT2D eigenvalue weighted by Gasteiger charge is 2.20. The molecule has 0 heterocycles. The summed E-state index contributed by atoms with van der Waals surface area (Å²) in [5, 5.41) is 7.45. The van der Waals surface area contributed by atoms with Crippen LogP contribution in [0.2, 0.25) is 0 Å². The van der Waals surface area contributed by atoms with E-state index in [1.165, 1.54) is 38.5 Å². The molecule has 0 saturated heterocycles. The molecule has 2 N–H and O–H groups in total. The second-order valence-electron chi connectivity index (χ2n) is 5.25. The van der Waals surface area contributed by atoms with Gasteiger partial charge in [0.15, 0.2) is 5.11 Å². The largest absolute Gasteiger partial charge is 0.381 e. The molecule has 0 radical (unpaired) electrons. The van der Waals surface area contributed by atoms with Crippen molar-refractivity contribution < 1.29 is 4.74 Å². The van der Waals surface area contributed by atoms with Crippen LogP contribution in [0.5, 0.6) is 0 Å². The number of nitrogens with one attached hydrogen (secondary N) is 2. The van der Waals surface area contributed by atoms with Gasteiger partial charge in [0.1, 0.15) is 0 Å². The van der Waals surface area contributed by atoms with Gasteiger partial charge in [-0.15, -0.1) is 0 Å². The van der Waals surface area contributed by atoms with E-state index in [0.717, 1.165) is 37.2 Å². The van der Waals surface area contributed by atoms with Crippen molar-refractivity contribution in [1.82, 2.24) is 10.6 Å². The topological polar surface area (TPSA) is 33.3 Å². The van der Waals surface area contributed by atoms with Gasteiger partial charge in [-0.05, 0) is 50.2 Å². The van der Waals surface area contributed by atoms with Crippen molar-refractivity contribution in [3.05, 3.63) is 0 Å². The zero-order valence-electron chi connectivity index (χ0n) is 10.5. The minimum Gasteiger partial charge on any atom is -0.381 e. The molecule has 0 aliphatic heterocycles. The van der Waals surface area contributed by atoms with Crippen LogP contribution in [0.3, 0.4) is 0 Å². The van der Waals surface area contributed by atoms with Crippen molar-refractivity contribution in [1.29, 1.82) is 0 Å². The van der Waals surface area contributed by atoms with Crippen LogP contribution in [-0.2, 0) is 4.74 Å². The maximum atomic E-state index is 5.57. The van der Waals surface area contributed by atoms with Gasteiger partial charge in [-0.2, -0.15) is 0 Å². The van der Waals surface area contributed by atoms with Gasteiger partial charge in [0.2, 0.25) is 0 Å². The highest BCUT2D eigenvalue weighted by Crippen LogP contribution is 2.28. The van der Waals surface area contributed by atoms with Crippen LogP contribution in [0.25, 0.3) is 0 Å². The molecule has 2 rings (SSSR count). The molecule has 0 unspecified atom stereocenters. The fraction of sp³-hybridized carbons (Fsp3) is 0.923. The zero-order valence-corrected chi connectivity index (χ0v) is 11.4. The van der Waals surface area contributed by atoms with Gasteiger partial charge >= 0.3 is 0 Å². The Labute approximate surface area is 110 Å². The lowest BCUT2D eigenvalue weighted by molar-refractivity contribution is 0.123. The van der Waals surface area contributed by atoms with Gasteiger partial charge < -0.3 is 15.4 Å². The molecule has 0 bridgehead atoms. The van der Waals surface area contributed by atoms with E-state index in [1.54, 1.807) is 0 Å². The summed E-state index contributed by atoms with van der Waals surface area (Å²) in [5.74, 6) is 0.869. The quantitative estimate of drug-likeness (QED) is 0.540. The molecule has 2 aliphatic carbocycles. The summed E-state index contributed by atoms with van der Waals surface area (Å²) >= 11 is 5.26. The smallest absolute Gasteiger partial charge is 0.166 e.